The van der Waals surface area contributed by atoms with Gasteiger partial charge in [-0.2, -0.15) is 0 Å². The normalized spacial score (nSPS) is 22.4. The second-order valence-electron chi connectivity index (χ2n) is 6.61. The minimum absolute atomic E-state index is 0.290. The summed E-state index contributed by atoms with van der Waals surface area (Å²) in [5.41, 5.74) is 2.20. The van der Waals surface area contributed by atoms with Crippen LogP contribution >= 0.6 is 0 Å². The number of anilines is 1. The average Bonchev–Trinajstić information content (AvgIpc) is 2.82. The van der Waals surface area contributed by atoms with Crippen LogP contribution in [0, 0.1) is 0 Å². The van der Waals surface area contributed by atoms with Gasteiger partial charge in [-0.3, -0.25) is 0 Å². The van der Waals surface area contributed by atoms with Crippen molar-refractivity contribution < 1.29 is 13.2 Å². The molecule has 0 spiro atoms. The molecule has 1 saturated heterocycles. The van der Waals surface area contributed by atoms with E-state index in [-0.39, 0.29) is 0 Å². The fourth-order valence-corrected chi connectivity index (χ4v) is 5.12. The quantitative estimate of drug-likeness (QED) is 0.883. The number of benzene rings is 2. The standard InChI is InChI=1S/C19H22N2O3S/c1-24-13-2-4-14(5-3-13)25(22,23)15-6-7-18-17(12-15)16-8-10-20-11-9-19(16)21-18/h2-7,12,16,19-21H,8-11H2,1H3/t16-,19?/m1/s1. The molecular formula is C19H22N2O3S. The van der Waals surface area contributed by atoms with Crippen LogP contribution in [-0.4, -0.2) is 34.7 Å². The molecule has 2 heterocycles. The van der Waals surface area contributed by atoms with Gasteiger partial charge < -0.3 is 15.4 Å². The van der Waals surface area contributed by atoms with E-state index in [1.807, 2.05) is 12.1 Å². The lowest BCUT2D eigenvalue weighted by molar-refractivity contribution is 0.414. The molecular weight excluding hydrogens is 336 g/mol. The number of fused-ring (bicyclic) bond motifs is 3. The van der Waals surface area contributed by atoms with Gasteiger partial charge in [-0.05, 0) is 74.0 Å². The first-order valence-corrected chi connectivity index (χ1v) is 10.1. The molecule has 5 nitrogen and oxygen atoms in total. The molecule has 0 saturated carbocycles. The van der Waals surface area contributed by atoms with Gasteiger partial charge in [0.05, 0.1) is 16.9 Å². The molecule has 2 aromatic rings. The van der Waals surface area contributed by atoms with Crippen LogP contribution in [-0.2, 0) is 9.84 Å². The Kier molecular flexibility index (Phi) is 4.17. The third kappa shape index (κ3) is 2.89. The SMILES string of the molecule is COc1ccc(S(=O)(=O)c2ccc3c(c2)[C@H]2CCNCCC2N3)cc1. The number of hydrogen-bond acceptors (Lipinski definition) is 5. The summed E-state index contributed by atoms with van der Waals surface area (Å²) in [5.74, 6) is 1.02. The van der Waals surface area contributed by atoms with Crippen LogP contribution in [0.1, 0.15) is 24.3 Å². The Morgan fingerprint density at radius 2 is 1.72 bits per heavy atom. The maximum atomic E-state index is 13.0. The van der Waals surface area contributed by atoms with Crippen molar-refractivity contribution in [3.05, 3.63) is 48.0 Å². The van der Waals surface area contributed by atoms with Crippen molar-refractivity contribution in [2.45, 2.75) is 34.6 Å². The van der Waals surface area contributed by atoms with Gasteiger partial charge in [0.1, 0.15) is 5.75 Å². The van der Waals surface area contributed by atoms with Crippen LogP contribution in [0.4, 0.5) is 5.69 Å². The smallest absolute Gasteiger partial charge is 0.206 e. The Bertz CT molecular complexity index is 878. The summed E-state index contributed by atoms with van der Waals surface area (Å²) >= 11 is 0. The van der Waals surface area contributed by atoms with Gasteiger partial charge in [-0.25, -0.2) is 8.42 Å². The monoisotopic (exact) mass is 358 g/mol. The van der Waals surface area contributed by atoms with Gasteiger partial charge in [0, 0.05) is 17.6 Å². The van der Waals surface area contributed by atoms with Crippen molar-refractivity contribution in [3.63, 3.8) is 0 Å². The van der Waals surface area contributed by atoms with E-state index in [1.54, 1.807) is 37.4 Å². The van der Waals surface area contributed by atoms with Crippen LogP contribution in [0.25, 0.3) is 0 Å². The predicted octanol–water partition coefficient (Wildman–Crippen LogP) is 2.79. The molecule has 0 aliphatic carbocycles. The summed E-state index contributed by atoms with van der Waals surface area (Å²) in [6.07, 6.45) is 2.08. The number of methoxy groups -OCH3 is 1. The first-order valence-electron chi connectivity index (χ1n) is 8.60. The number of rotatable bonds is 3. The summed E-state index contributed by atoms with van der Waals surface area (Å²) in [6.45, 7) is 1.97. The van der Waals surface area contributed by atoms with Gasteiger partial charge in [0.15, 0.2) is 0 Å². The summed E-state index contributed by atoms with van der Waals surface area (Å²) < 4.78 is 31.1. The third-order valence-corrected chi connectivity index (χ3v) is 6.96. The molecule has 0 amide bonds. The summed E-state index contributed by atoms with van der Waals surface area (Å²) in [7, 11) is -1.97. The third-order valence-electron chi connectivity index (χ3n) is 5.19. The van der Waals surface area contributed by atoms with Crippen LogP contribution in [0.5, 0.6) is 5.75 Å². The van der Waals surface area contributed by atoms with Crippen molar-refractivity contribution in [1.82, 2.24) is 5.32 Å². The molecule has 0 bridgehead atoms. The number of nitrogens with one attached hydrogen (secondary N) is 2. The van der Waals surface area contributed by atoms with Gasteiger partial charge in [-0.15, -0.1) is 0 Å². The van der Waals surface area contributed by atoms with E-state index in [4.69, 9.17) is 4.74 Å². The first-order chi connectivity index (χ1) is 12.1. The van der Waals surface area contributed by atoms with Crippen molar-refractivity contribution >= 4 is 15.5 Å². The van der Waals surface area contributed by atoms with Gasteiger partial charge in [0.2, 0.25) is 9.84 Å². The van der Waals surface area contributed by atoms with Gasteiger partial charge >= 0.3 is 0 Å². The van der Waals surface area contributed by atoms with E-state index in [1.165, 1.54) is 0 Å². The zero-order valence-electron chi connectivity index (χ0n) is 14.2. The number of ether oxygens (including phenoxy) is 1. The Labute approximate surface area is 148 Å². The fraction of sp³-hybridized carbons (Fsp3) is 0.368. The maximum Gasteiger partial charge on any atom is 0.206 e. The van der Waals surface area contributed by atoms with Crippen LogP contribution in [0.2, 0.25) is 0 Å². The molecule has 0 aromatic heterocycles. The topological polar surface area (TPSA) is 67.4 Å². The molecule has 0 radical (unpaired) electrons. The van der Waals surface area contributed by atoms with Crippen LogP contribution in [0.3, 0.4) is 0 Å². The van der Waals surface area contributed by atoms with E-state index in [2.05, 4.69) is 10.6 Å². The van der Waals surface area contributed by atoms with Crippen LogP contribution in [0.15, 0.2) is 52.3 Å². The lowest BCUT2D eigenvalue weighted by Gasteiger charge is -2.16. The summed E-state index contributed by atoms with van der Waals surface area (Å²) in [6, 6.07) is 12.4. The largest absolute Gasteiger partial charge is 0.497 e. The second-order valence-corrected chi connectivity index (χ2v) is 8.56. The van der Waals surface area contributed by atoms with E-state index in [0.717, 1.165) is 37.2 Å². The van der Waals surface area contributed by atoms with Crippen molar-refractivity contribution in [2.75, 3.05) is 25.5 Å². The molecule has 1 fully saturated rings. The maximum absolute atomic E-state index is 13.0. The number of sulfone groups is 1. The summed E-state index contributed by atoms with van der Waals surface area (Å²) in [4.78, 5) is 0.648. The van der Waals surface area contributed by atoms with E-state index in [0.29, 0.717) is 27.5 Å². The molecule has 2 aromatic carbocycles. The van der Waals surface area contributed by atoms with Crippen molar-refractivity contribution in [1.29, 1.82) is 0 Å². The molecule has 4 rings (SSSR count). The Hall–Kier alpha value is -2.05. The van der Waals surface area contributed by atoms with Crippen molar-refractivity contribution in [3.8, 4) is 5.75 Å². The molecule has 1 unspecified atom stereocenters. The summed E-state index contributed by atoms with van der Waals surface area (Å²) in [5, 5.41) is 6.98. The Morgan fingerprint density at radius 3 is 2.48 bits per heavy atom. The average molecular weight is 358 g/mol. The minimum Gasteiger partial charge on any atom is -0.497 e. The van der Waals surface area contributed by atoms with Crippen LogP contribution < -0.4 is 15.4 Å². The first kappa shape index (κ1) is 16.4. The highest BCUT2D eigenvalue weighted by Gasteiger charge is 2.34. The van der Waals surface area contributed by atoms with E-state index >= 15 is 0 Å². The zero-order chi connectivity index (χ0) is 17.4. The molecule has 25 heavy (non-hydrogen) atoms. The molecule has 132 valence electrons. The highest BCUT2D eigenvalue weighted by Crippen LogP contribution is 2.41. The highest BCUT2D eigenvalue weighted by atomic mass is 32.2. The number of hydrogen-bond donors (Lipinski definition) is 2. The lowest BCUT2D eigenvalue weighted by atomic mass is 9.91. The molecule has 6 heteroatoms. The second kappa shape index (κ2) is 6.35. The van der Waals surface area contributed by atoms with Crippen molar-refractivity contribution in [2.24, 2.45) is 0 Å². The van der Waals surface area contributed by atoms with Gasteiger partial charge in [-0.1, -0.05) is 0 Å². The van der Waals surface area contributed by atoms with E-state index in [9.17, 15) is 8.42 Å². The Morgan fingerprint density at radius 1 is 1.00 bits per heavy atom. The predicted molar refractivity (Wildman–Crippen MR) is 97.1 cm³/mol. The highest BCUT2D eigenvalue weighted by molar-refractivity contribution is 7.91. The molecule has 2 atom stereocenters. The molecule has 2 aliphatic rings. The lowest BCUT2D eigenvalue weighted by Crippen LogP contribution is -2.21. The minimum atomic E-state index is -3.53. The molecule has 2 aliphatic heterocycles. The zero-order valence-corrected chi connectivity index (χ0v) is 15.0. The Balaban J connectivity index is 1.71. The molecule has 2 N–H and O–H groups in total. The van der Waals surface area contributed by atoms with E-state index < -0.39 is 9.84 Å². The fourth-order valence-electron chi connectivity index (χ4n) is 3.82. The van der Waals surface area contributed by atoms with Gasteiger partial charge in [0.25, 0.3) is 0 Å².